The van der Waals surface area contributed by atoms with Gasteiger partial charge in [0.2, 0.25) is 0 Å². The lowest BCUT2D eigenvalue weighted by molar-refractivity contribution is -0.140. The molecule has 7 heteroatoms. The molecule has 0 radical (unpaired) electrons. The third kappa shape index (κ3) is 4.48. The van der Waals surface area contributed by atoms with Crippen molar-refractivity contribution in [3.63, 3.8) is 0 Å². The number of carbonyl (C=O) groups is 2. The summed E-state index contributed by atoms with van der Waals surface area (Å²) >= 11 is 1.50. The van der Waals surface area contributed by atoms with Crippen LogP contribution in [-0.4, -0.2) is 28.1 Å². The van der Waals surface area contributed by atoms with Gasteiger partial charge < -0.3 is 15.7 Å². The molecule has 0 bridgehead atoms. The highest BCUT2D eigenvalue weighted by Crippen LogP contribution is 2.18. The Kier molecular flexibility index (Phi) is 5.94. The standard InChI is InChI=1S/C13H21N3O3S/c1-5-7(2)10(12(17)18)16-13(19)15-9(4)11-14-6-8(3)20-11/h6-7,9-10H,5H2,1-4H3,(H,17,18)(H2,15,16,19)/t7?,9?,10-/m0/s1. The number of hydrogen-bond donors (Lipinski definition) is 3. The molecule has 1 aromatic heterocycles. The van der Waals surface area contributed by atoms with Crippen molar-refractivity contribution >= 4 is 23.3 Å². The van der Waals surface area contributed by atoms with E-state index in [1.165, 1.54) is 11.3 Å². The van der Waals surface area contributed by atoms with Crippen LogP contribution in [-0.2, 0) is 4.79 Å². The summed E-state index contributed by atoms with van der Waals surface area (Å²) in [4.78, 5) is 28.3. The Balaban J connectivity index is 2.59. The van der Waals surface area contributed by atoms with Gasteiger partial charge in [0.15, 0.2) is 0 Å². The summed E-state index contributed by atoms with van der Waals surface area (Å²) in [6.07, 6.45) is 2.42. The quantitative estimate of drug-likeness (QED) is 0.751. The van der Waals surface area contributed by atoms with Crippen molar-refractivity contribution in [1.82, 2.24) is 15.6 Å². The fraction of sp³-hybridized carbons (Fsp3) is 0.615. The number of aliphatic carboxylic acids is 1. The molecule has 1 rings (SSSR count). The number of urea groups is 1. The van der Waals surface area contributed by atoms with Crippen LogP contribution in [0.15, 0.2) is 6.20 Å². The van der Waals surface area contributed by atoms with E-state index in [1.54, 1.807) is 13.1 Å². The number of hydrogen-bond acceptors (Lipinski definition) is 4. The maximum Gasteiger partial charge on any atom is 0.326 e. The number of aryl methyl sites for hydroxylation is 1. The van der Waals surface area contributed by atoms with Crippen molar-refractivity contribution < 1.29 is 14.7 Å². The number of nitrogens with zero attached hydrogens (tertiary/aromatic N) is 1. The van der Waals surface area contributed by atoms with Crippen molar-refractivity contribution in [2.24, 2.45) is 5.92 Å². The van der Waals surface area contributed by atoms with Crippen molar-refractivity contribution in [1.29, 1.82) is 0 Å². The first-order valence-corrected chi connectivity index (χ1v) is 7.39. The highest BCUT2D eigenvalue weighted by molar-refractivity contribution is 7.11. The summed E-state index contributed by atoms with van der Waals surface area (Å²) in [6.45, 7) is 7.45. The van der Waals surface area contributed by atoms with Crippen LogP contribution in [0.5, 0.6) is 0 Å². The molecule has 0 aliphatic heterocycles. The van der Waals surface area contributed by atoms with Crippen LogP contribution in [0.25, 0.3) is 0 Å². The third-order valence-electron chi connectivity index (χ3n) is 3.12. The molecule has 2 unspecified atom stereocenters. The summed E-state index contributed by atoms with van der Waals surface area (Å²) < 4.78 is 0. The first kappa shape index (κ1) is 16.4. The van der Waals surface area contributed by atoms with Gasteiger partial charge in [-0.2, -0.15) is 0 Å². The van der Waals surface area contributed by atoms with Crippen molar-refractivity contribution in [2.75, 3.05) is 0 Å². The van der Waals surface area contributed by atoms with Crippen LogP contribution in [0, 0.1) is 12.8 Å². The predicted molar refractivity (Wildman–Crippen MR) is 77.8 cm³/mol. The highest BCUT2D eigenvalue weighted by Gasteiger charge is 2.26. The van der Waals surface area contributed by atoms with Gasteiger partial charge in [-0.3, -0.25) is 0 Å². The van der Waals surface area contributed by atoms with Gasteiger partial charge in [0, 0.05) is 11.1 Å². The minimum Gasteiger partial charge on any atom is -0.480 e. The van der Waals surface area contributed by atoms with Gasteiger partial charge >= 0.3 is 12.0 Å². The number of rotatable bonds is 6. The van der Waals surface area contributed by atoms with E-state index in [9.17, 15) is 9.59 Å². The van der Waals surface area contributed by atoms with Crippen LogP contribution in [0.2, 0.25) is 0 Å². The minimum atomic E-state index is -1.02. The van der Waals surface area contributed by atoms with Gasteiger partial charge in [-0.1, -0.05) is 20.3 Å². The van der Waals surface area contributed by atoms with Crippen LogP contribution < -0.4 is 10.6 Å². The first-order valence-electron chi connectivity index (χ1n) is 6.57. The second kappa shape index (κ2) is 7.23. The second-order valence-corrected chi connectivity index (χ2v) is 6.12. The Labute approximate surface area is 122 Å². The summed E-state index contributed by atoms with van der Waals surface area (Å²) in [5.74, 6) is -1.15. The van der Waals surface area contributed by atoms with Gasteiger partial charge in [-0.05, 0) is 19.8 Å². The van der Waals surface area contributed by atoms with E-state index >= 15 is 0 Å². The Morgan fingerprint density at radius 1 is 1.40 bits per heavy atom. The second-order valence-electron chi connectivity index (χ2n) is 4.85. The fourth-order valence-corrected chi connectivity index (χ4v) is 2.47. The van der Waals surface area contributed by atoms with Gasteiger partial charge in [0.05, 0.1) is 6.04 Å². The lowest BCUT2D eigenvalue weighted by atomic mass is 9.99. The monoisotopic (exact) mass is 299 g/mol. The molecule has 6 nitrogen and oxygen atoms in total. The van der Waals surface area contributed by atoms with Gasteiger partial charge in [0.1, 0.15) is 11.0 Å². The average Bonchev–Trinajstić information content (AvgIpc) is 2.81. The number of carboxylic acids is 1. The van der Waals surface area contributed by atoms with Gasteiger partial charge in [0.25, 0.3) is 0 Å². The Bertz CT molecular complexity index is 475. The molecule has 0 saturated carbocycles. The number of carboxylic acid groups (broad SMARTS) is 1. The Morgan fingerprint density at radius 2 is 2.05 bits per heavy atom. The van der Waals surface area contributed by atoms with Crippen molar-refractivity contribution in [3.05, 3.63) is 16.1 Å². The number of aromatic nitrogens is 1. The van der Waals surface area contributed by atoms with E-state index in [2.05, 4.69) is 15.6 Å². The zero-order valence-corrected chi connectivity index (χ0v) is 13.0. The molecule has 3 N–H and O–H groups in total. The molecule has 20 heavy (non-hydrogen) atoms. The van der Waals surface area contributed by atoms with Crippen LogP contribution in [0.4, 0.5) is 4.79 Å². The van der Waals surface area contributed by atoms with Gasteiger partial charge in [-0.25, -0.2) is 14.6 Å². The third-order valence-corrected chi connectivity index (χ3v) is 4.22. The largest absolute Gasteiger partial charge is 0.480 e. The number of amides is 2. The smallest absolute Gasteiger partial charge is 0.326 e. The topological polar surface area (TPSA) is 91.3 Å². The molecule has 0 fully saturated rings. The molecule has 0 aliphatic carbocycles. The molecule has 0 saturated heterocycles. The van der Waals surface area contributed by atoms with E-state index in [1.807, 2.05) is 20.8 Å². The first-order chi connectivity index (χ1) is 9.35. The molecule has 0 aliphatic rings. The predicted octanol–water partition coefficient (Wildman–Crippen LogP) is 2.31. The molecular formula is C13H21N3O3S. The number of thiazole rings is 1. The van der Waals surface area contributed by atoms with E-state index in [0.717, 1.165) is 9.88 Å². The Morgan fingerprint density at radius 3 is 2.50 bits per heavy atom. The van der Waals surface area contributed by atoms with E-state index in [0.29, 0.717) is 6.42 Å². The lowest BCUT2D eigenvalue weighted by Gasteiger charge is -2.21. The molecule has 0 aromatic carbocycles. The molecular weight excluding hydrogens is 278 g/mol. The van der Waals surface area contributed by atoms with Crippen LogP contribution in [0.1, 0.15) is 43.1 Å². The Hall–Kier alpha value is -1.63. The fourth-order valence-electron chi connectivity index (χ4n) is 1.70. The number of carbonyl (C=O) groups excluding carboxylic acids is 1. The molecule has 112 valence electrons. The summed E-state index contributed by atoms with van der Waals surface area (Å²) in [5.41, 5.74) is 0. The lowest BCUT2D eigenvalue weighted by Crippen LogP contribution is -2.49. The van der Waals surface area contributed by atoms with E-state index < -0.39 is 18.0 Å². The van der Waals surface area contributed by atoms with Crippen LogP contribution in [0.3, 0.4) is 0 Å². The molecule has 3 atom stereocenters. The van der Waals surface area contributed by atoms with Crippen LogP contribution >= 0.6 is 11.3 Å². The maximum atomic E-state index is 11.9. The molecule has 2 amide bonds. The molecule has 0 spiro atoms. The molecule has 1 heterocycles. The summed E-state index contributed by atoms with van der Waals surface area (Å²) in [6, 6.07) is -1.62. The van der Waals surface area contributed by atoms with E-state index in [-0.39, 0.29) is 12.0 Å². The normalized spacial score (nSPS) is 15.2. The number of nitrogens with one attached hydrogen (secondary N) is 2. The van der Waals surface area contributed by atoms with Crippen molar-refractivity contribution in [3.8, 4) is 0 Å². The van der Waals surface area contributed by atoms with Gasteiger partial charge in [-0.15, -0.1) is 11.3 Å². The summed E-state index contributed by atoms with van der Waals surface area (Å²) in [7, 11) is 0. The average molecular weight is 299 g/mol. The van der Waals surface area contributed by atoms with E-state index in [4.69, 9.17) is 5.11 Å². The zero-order valence-electron chi connectivity index (χ0n) is 12.1. The molecule has 1 aromatic rings. The SMILES string of the molecule is CCC(C)[C@H](NC(=O)NC(C)c1ncc(C)s1)C(=O)O. The zero-order chi connectivity index (χ0) is 15.3. The highest BCUT2D eigenvalue weighted by atomic mass is 32.1. The minimum absolute atomic E-state index is 0.129. The maximum absolute atomic E-state index is 11.9. The summed E-state index contributed by atoms with van der Waals surface area (Å²) in [5, 5.41) is 15.1. The van der Waals surface area contributed by atoms with Crippen molar-refractivity contribution in [2.45, 2.75) is 46.2 Å².